The first-order valence-corrected chi connectivity index (χ1v) is 7.60. The number of aromatic hydroxyl groups is 1. The summed E-state index contributed by atoms with van der Waals surface area (Å²) in [4.78, 5) is 22.8. The van der Waals surface area contributed by atoms with Crippen molar-refractivity contribution in [2.45, 2.75) is 12.8 Å². The largest absolute Gasteiger partial charge is 0.505 e. The van der Waals surface area contributed by atoms with Gasteiger partial charge in [-0.2, -0.15) is 14.9 Å². The fourth-order valence-corrected chi connectivity index (χ4v) is 2.38. The molecule has 0 saturated heterocycles. The number of hydrogen-bond donors (Lipinski definition) is 3. The molecule has 0 saturated carbocycles. The molecule has 0 bridgehead atoms. The fraction of sp³-hybridized carbons (Fsp3) is 0.154. The van der Waals surface area contributed by atoms with Crippen LogP contribution < -0.4 is 5.56 Å². The lowest BCUT2D eigenvalue weighted by molar-refractivity contribution is -0.136. The van der Waals surface area contributed by atoms with Gasteiger partial charge in [-0.05, 0) is 29.9 Å². The highest BCUT2D eigenvalue weighted by atomic mass is 35.5. The van der Waals surface area contributed by atoms with E-state index < -0.39 is 11.5 Å². The first kappa shape index (κ1) is 18.1. The molecule has 0 fully saturated rings. The highest BCUT2D eigenvalue weighted by molar-refractivity contribution is 7.71. The van der Waals surface area contributed by atoms with Crippen LogP contribution in [0, 0.1) is 4.77 Å². The van der Waals surface area contributed by atoms with Crippen LogP contribution in [0.1, 0.15) is 17.7 Å². The van der Waals surface area contributed by atoms with Crippen molar-refractivity contribution < 1.29 is 15.0 Å². The minimum atomic E-state index is -1.05. The summed E-state index contributed by atoms with van der Waals surface area (Å²) in [6.45, 7) is 0. The Balaban J connectivity index is 2.39. The molecule has 0 unspecified atom stereocenters. The lowest BCUT2D eigenvalue weighted by Gasteiger charge is -2.03. The van der Waals surface area contributed by atoms with Gasteiger partial charge in [0.2, 0.25) is 4.77 Å². The van der Waals surface area contributed by atoms with Crippen molar-refractivity contribution in [1.29, 1.82) is 0 Å². The molecule has 0 atom stereocenters. The number of halogens is 2. The van der Waals surface area contributed by atoms with E-state index in [1.54, 1.807) is 0 Å². The third kappa shape index (κ3) is 4.19. The van der Waals surface area contributed by atoms with E-state index in [0.29, 0.717) is 5.56 Å². The molecule has 3 N–H and O–H groups in total. The first-order valence-electron chi connectivity index (χ1n) is 6.44. The van der Waals surface area contributed by atoms with Crippen molar-refractivity contribution >= 4 is 47.6 Å². The average molecular weight is 389 g/mol. The summed E-state index contributed by atoms with van der Waals surface area (Å²) in [5.74, 6) is -1.31. The van der Waals surface area contributed by atoms with Gasteiger partial charge < -0.3 is 10.2 Å². The topological polar surface area (TPSA) is 121 Å². The molecule has 0 radical (unpaired) electrons. The zero-order valence-corrected chi connectivity index (χ0v) is 14.2. The Morgan fingerprint density at radius 2 is 2.04 bits per heavy atom. The standard InChI is InChI=1S/C13H10Cl2N4O4S/c14-7-3-6(4-8(15)11(7)22)5-16-19-12(23)9(1-2-10(20)21)17-18-13(19)24/h3-5,22H,1-2H2,(H,18,24)(H,20,21)/b16-5-. The number of H-pyrrole nitrogens is 1. The number of phenolic OH excluding ortho intramolecular Hbond substituents is 1. The second kappa shape index (κ2) is 7.56. The number of aromatic amines is 1. The van der Waals surface area contributed by atoms with Crippen LogP contribution in [0.25, 0.3) is 0 Å². The lowest BCUT2D eigenvalue weighted by Crippen LogP contribution is -2.25. The van der Waals surface area contributed by atoms with E-state index >= 15 is 0 Å². The van der Waals surface area contributed by atoms with Gasteiger partial charge in [-0.15, -0.1) is 0 Å². The maximum absolute atomic E-state index is 12.2. The zero-order chi connectivity index (χ0) is 17.9. The molecule has 0 spiro atoms. The van der Waals surface area contributed by atoms with Gasteiger partial charge in [0.25, 0.3) is 5.56 Å². The number of carboxylic acid groups (broad SMARTS) is 1. The van der Waals surface area contributed by atoms with Gasteiger partial charge in [-0.1, -0.05) is 23.2 Å². The molecule has 8 nitrogen and oxygen atoms in total. The molecule has 1 aromatic carbocycles. The first-order chi connectivity index (χ1) is 11.3. The van der Waals surface area contributed by atoms with Gasteiger partial charge in [-0.3, -0.25) is 14.7 Å². The molecule has 24 heavy (non-hydrogen) atoms. The van der Waals surface area contributed by atoms with Crippen LogP contribution in [0.3, 0.4) is 0 Å². The summed E-state index contributed by atoms with van der Waals surface area (Å²) in [6.07, 6.45) is 0.954. The quantitative estimate of drug-likeness (QED) is 0.533. The van der Waals surface area contributed by atoms with E-state index in [1.165, 1.54) is 18.3 Å². The molecule has 2 aromatic rings. The van der Waals surface area contributed by atoms with E-state index in [4.69, 9.17) is 40.5 Å². The average Bonchev–Trinajstić information content (AvgIpc) is 2.51. The van der Waals surface area contributed by atoms with Crippen LogP contribution in [0.15, 0.2) is 22.0 Å². The monoisotopic (exact) mass is 388 g/mol. The Labute approximate surface area is 150 Å². The van der Waals surface area contributed by atoms with Gasteiger partial charge in [0.05, 0.1) is 22.7 Å². The van der Waals surface area contributed by atoms with Crippen LogP contribution in [0.5, 0.6) is 5.75 Å². The van der Waals surface area contributed by atoms with Gasteiger partial charge in [0.1, 0.15) is 5.69 Å². The molecule has 11 heteroatoms. The van der Waals surface area contributed by atoms with E-state index in [9.17, 15) is 14.7 Å². The Bertz CT molecular complexity index is 915. The van der Waals surface area contributed by atoms with Gasteiger partial charge in [-0.25, -0.2) is 0 Å². The molecule has 126 valence electrons. The maximum atomic E-state index is 12.2. The molecule has 0 aliphatic heterocycles. The number of carboxylic acids is 1. The Morgan fingerprint density at radius 1 is 1.42 bits per heavy atom. The van der Waals surface area contributed by atoms with Crippen LogP contribution in [-0.2, 0) is 11.2 Å². The number of benzene rings is 1. The molecular weight excluding hydrogens is 379 g/mol. The number of rotatable bonds is 5. The predicted molar refractivity (Wildman–Crippen MR) is 90.8 cm³/mol. The van der Waals surface area contributed by atoms with Gasteiger partial charge >= 0.3 is 5.97 Å². The molecule has 0 amide bonds. The predicted octanol–water partition coefficient (Wildman–Crippen LogP) is 2.21. The van der Waals surface area contributed by atoms with Crippen LogP contribution in [0.2, 0.25) is 10.0 Å². The summed E-state index contributed by atoms with van der Waals surface area (Å²) >= 11 is 16.6. The third-order valence-electron chi connectivity index (χ3n) is 2.86. The molecule has 2 rings (SSSR count). The van der Waals surface area contributed by atoms with E-state index in [-0.39, 0.29) is 39.1 Å². The molecule has 1 aromatic heterocycles. The van der Waals surface area contributed by atoms with E-state index in [2.05, 4.69) is 15.3 Å². The number of hydrogen-bond acceptors (Lipinski definition) is 6. The highest BCUT2D eigenvalue weighted by Gasteiger charge is 2.09. The summed E-state index contributed by atoms with van der Waals surface area (Å²) in [6, 6.07) is 2.80. The van der Waals surface area contributed by atoms with Crippen molar-refractivity contribution in [2.24, 2.45) is 5.10 Å². The number of aromatic nitrogens is 3. The van der Waals surface area contributed by atoms with Crippen molar-refractivity contribution in [1.82, 2.24) is 14.9 Å². The van der Waals surface area contributed by atoms with Crippen molar-refractivity contribution in [3.63, 3.8) is 0 Å². The normalized spacial score (nSPS) is 11.1. The highest BCUT2D eigenvalue weighted by Crippen LogP contribution is 2.32. The fourth-order valence-electron chi connectivity index (χ4n) is 1.70. The molecule has 0 aliphatic carbocycles. The summed E-state index contributed by atoms with van der Waals surface area (Å²) < 4.78 is 0.806. The van der Waals surface area contributed by atoms with E-state index in [0.717, 1.165) is 4.68 Å². The van der Waals surface area contributed by atoms with E-state index in [1.807, 2.05) is 0 Å². The number of nitrogens with zero attached hydrogens (tertiary/aromatic N) is 3. The molecule has 1 heterocycles. The summed E-state index contributed by atoms with van der Waals surface area (Å²) in [7, 11) is 0. The zero-order valence-electron chi connectivity index (χ0n) is 11.9. The Hall–Kier alpha value is -2.23. The van der Waals surface area contributed by atoms with Crippen LogP contribution in [-0.4, -0.2) is 37.3 Å². The number of nitrogens with one attached hydrogen (secondary N) is 1. The minimum absolute atomic E-state index is 0.00933. The number of phenols is 1. The molecular formula is C13H10Cl2N4O4S. The second-order valence-corrected chi connectivity index (χ2v) is 5.76. The van der Waals surface area contributed by atoms with Gasteiger partial charge in [0.15, 0.2) is 5.75 Å². The number of carbonyl (C=O) groups is 1. The minimum Gasteiger partial charge on any atom is -0.505 e. The number of aliphatic carboxylic acids is 1. The molecule has 0 aliphatic rings. The third-order valence-corrected chi connectivity index (χ3v) is 3.70. The van der Waals surface area contributed by atoms with Crippen LogP contribution >= 0.6 is 35.4 Å². The smallest absolute Gasteiger partial charge is 0.303 e. The lowest BCUT2D eigenvalue weighted by atomic mass is 10.2. The SMILES string of the molecule is O=C(O)CCc1n[nH]c(=S)n(/N=C\c2cc(Cl)c(O)c(Cl)c2)c1=O. The Kier molecular flexibility index (Phi) is 5.71. The van der Waals surface area contributed by atoms with Crippen molar-refractivity contribution in [3.05, 3.63) is 48.6 Å². The van der Waals surface area contributed by atoms with Crippen molar-refractivity contribution in [2.75, 3.05) is 0 Å². The summed E-state index contributed by atoms with van der Waals surface area (Å²) in [5.41, 5.74) is -0.217. The maximum Gasteiger partial charge on any atom is 0.303 e. The number of aryl methyl sites for hydroxylation is 1. The van der Waals surface area contributed by atoms with Crippen molar-refractivity contribution in [3.8, 4) is 5.75 Å². The summed E-state index contributed by atoms with van der Waals surface area (Å²) in [5, 5.41) is 28.3. The van der Waals surface area contributed by atoms with Gasteiger partial charge in [0, 0.05) is 6.42 Å². The second-order valence-electron chi connectivity index (χ2n) is 4.56. The Morgan fingerprint density at radius 3 is 2.62 bits per heavy atom. The van der Waals surface area contributed by atoms with Crippen LogP contribution in [0.4, 0.5) is 0 Å².